The molecular formula is C16H19N3. The Balaban J connectivity index is 2.09. The number of anilines is 2. The van der Waals surface area contributed by atoms with Crippen molar-refractivity contribution in [3.8, 4) is 0 Å². The first kappa shape index (κ1) is 12.2. The van der Waals surface area contributed by atoms with Gasteiger partial charge < -0.3 is 4.90 Å². The van der Waals surface area contributed by atoms with Gasteiger partial charge in [0.15, 0.2) is 0 Å². The fourth-order valence-electron chi connectivity index (χ4n) is 2.69. The molecule has 0 amide bonds. The fraction of sp³-hybridized carbons (Fsp3) is 0.375. The molecule has 2 aromatic heterocycles. The topological polar surface area (TPSA) is 29.0 Å². The molecule has 2 aromatic rings. The van der Waals surface area contributed by atoms with Crippen molar-refractivity contribution in [1.82, 2.24) is 9.97 Å². The highest BCUT2D eigenvalue weighted by molar-refractivity contribution is 5.64. The van der Waals surface area contributed by atoms with Crippen LogP contribution in [0.3, 0.4) is 0 Å². The van der Waals surface area contributed by atoms with E-state index in [4.69, 9.17) is 0 Å². The van der Waals surface area contributed by atoms with E-state index >= 15 is 0 Å². The zero-order chi connectivity index (χ0) is 13.2. The number of nitrogens with zero attached hydrogens (tertiary/aromatic N) is 3. The molecule has 0 radical (unpaired) electrons. The van der Waals surface area contributed by atoms with Gasteiger partial charge in [-0.2, -0.15) is 0 Å². The highest BCUT2D eigenvalue weighted by atomic mass is 15.2. The Hall–Kier alpha value is -1.90. The molecule has 0 spiro atoms. The van der Waals surface area contributed by atoms with Crippen LogP contribution in [0.5, 0.6) is 0 Å². The van der Waals surface area contributed by atoms with E-state index in [2.05, 4.69) is 40.8 Å². The minimum absolute atomic E-state index is 0.470. The highest BCUT2D eigenvalue weighted by Gasteiger charge is 2.22. The van der Waals surface area contributed by atoms with Crippen LogP contribution in [0.2, 0.25) is 0 Å². The summed E-state index contributed by atoms with van der Waals surface area (Å²) >= 11 is 0. The molecule has 0 saturated carbocycles. The van der Waals surface area contributed by atoms with Crippen LogP contribution in [0.25, 0.3) is 0 Å². The second-order valence-electron chi connectivity index (χ2n) is 5.31. The molecule has 0 atom stereocenters. The van der Waals surface area contributed by atoms with E-state index in [1.54, 1.807) is 0 Å². The predicted octanol–water partition coefficient (Wildman–Crippen LogP) is 3.68. The van der Waals surface area contributed by atoms with Gasteiger partial charge in [-0.3, -0.25) is 0 Å². The molecule has 1 aliphatic rings. The normalized spacial score (nSPS) is 14.6. The van der Waals surface area contributed by atoms with Gasteiger partial charge in [-0.15, -0.1) is 0 Å². The molecule has 0 fully saturated rings. The van der Waals surface area contributed by atoms with Crippen LogP contribution < -0.4 is 4.90 Å². The van der Waals surface area contributed by atoms with Gasteiger partial charge in [-0.1, -0.05) is 26.0 Å². The van der Waals surface area contributed by atoms with Crippen LogP contribution in [0.1, 0.15) is 37.3 Å². The third-order valence-corrected chi connectivity index (χ3v) is 3.65. The Morgan fingerprint density at radius 2 is 1.79 bits per heavy atom. The van der Waals surface area contributed by atoms with Crippen molar-refractivity contribution in [3.05, 3.63) is 47.8 Å². The maximum Gasteiger partial charge on any atom is 0.137 e. The molecule has 3 heteroatoms. The summed E-state index contributed by atoms with van der Waals surface area (Å²) in [5, 5.41) is 0. The highest BCUT2D eigenvalue weighted by Crippen LogP contribution is 2.34. The summed E-state index contributed by atoms with van der Waals surface area (Å²) in [5.74, 6) is 2.62. The minimum Gasteiger partial charge on any atom is -0.311 e. The monoisotopic (exact) mass is 253 g/mol. The summed E-state index contributed by atoms with van der Waals surface area (Å²) in [6.07, 6.45) is 6.02. The summed E-state index contributed by atoms with van der Waals surface area (Å²) in [5.41, 5.74) is 2.62. The molecule has 3 heterocycles. The van der Waals surface area contributed by atoms with E-state index in [1.165, 1.54) is 11.1 Å². The van der Waals surface area contributed by atoms with Crippen LogP contribution in [0, 0.1) is 0 Å². The van der Waals surface area contributed by atoms with Gasteiger partial charge >= 0.3 is 0 Å². The lowest BCUT2D eigenvalue weighted by molar-refractivity contribution is 0.735. The summed E-state index contributed by atoms with van der Waals surface area (Å²) in [6, 6.07) is 8.38. The second kappa shape index (κ2) is 5.00. The molecule has 0 bridgehead atoms. The minimum atomic E-state index is 0.470. The van der Waals surface area contributed by atoms with Crippen molar-refractivity contribution in [1.29, 1.82) is 0 Å². The number of fused-ring (bicyclic) bond motifs is 1. The lowest BCUT2D eigenvalue weighted by Crippen LogP contribution is -2.27. The SMILES string of the molecule is CC(C)c1cccnc1N1CCCc2cccnc21. The molecule has 19 heavy (non-hydrogen) atoms. The largest absolute Gasteiger partial charge is 0.311 e. The first-order chi connectivity index (χ1) is 9.27. The van der Waals surface area contributed by atoms with Crippen LogP contribution in [0.4, 0.5) is 11.6 Å². The molecule has 98 valence electrons. The van der Waals surface area contributed by atoms with E-state index in [1.807, 2.05) is 24.5 Å². The average molecular weight is 253 g/mol. The van der Waals surface area contributed by atoms with Crippen LogP contribution in [0.15, 0.2) is 36.7 Å². The standard InChI is InChI=1S/C16H19N3/c1-12(2)14-8-4-10-18-16(14)19-11-5-7-13-6-3-9-17-15(13)19/h3-4,6,8-10,12H,5,7,11H2,1-2H3. The Labute approximate surface area is 114 Å². The van der Waals surface area contributed by atoms with Crippen molar-refractivity contribution >= 4 is 11.6 Å². The fourth-order valence-corrected chi connectivity index (χ4v) is 2.69. The summed E-state index contributed by atoms with van der Waals surface area (Å²) in [4.78, 5) is 11.4. The first-order valence-electron chi connectivity index (χ1n) is 6.93. The summed E-state index contributed by atoms with van der Waals surface area (Å²) in [6.45, 7) is 5.42. The molecule has 3 nitrogen and oxygen atoms in total. The zero-order valence-corrected chi connectivity index (χ0v) is 11.5. The maximum atomic E-state index is 4.61. The lowest BCUT2D eigenvalue weighted by Gasteiger charge is -2.31. The van der Waals surface area contributed by atoms with Gasteiger partial charge in [-0.05, 0) is 42.0 Å². The van der Waals surface area contributed by atoms with Gasteiger partial charge in [0.2, 0.25) is 0 Å². The molecule has 0 aromatic carbocycles. The Morgan fingerprint density at radius 1 is 1.05 bits per heavy atom. The number of hydrogen-bond donors (Lipinski definition) is 0. The quantitative estimate of drug-likeness (QED) is 0.817. The van der Waals surface area contributed by atoms with Gasteiger partial charge in [0, 0.05) is 18.9 Å². The van der Waals surface area contributed by atoms with Crippen molar-refractivity contribution in [2.24, 2.45) is 0 Å². The van der Waals surface area contributed by atoms with Crippen molar-refractivity contribution in [2.45, 2.75) is 32.6 Å². The van der Waals surface area contributed by atoms with Crippen LogP contribution >= 0.6 is 0 Å². The molecule has 0 aliphatic carbocycles. The number of hydrogen-bond acceptors (Lipinski definition) is 3. The lowest BCUT2D eigenvalue weighted by atomic mass is 10.0. The van der Waals surface area contributed by atoms with E-state index in [9.17, 15) is 0 Å². The Bertz CT molecular complexity index is 578. The van der Waals surface area contributed by atoms with Gasteiger partial charge in [0.25, 0.3) is 0 Å². The maximum absolute atomic E-state index is 4.61. The molecule has 3 rings (SSSR count). The molecule has 0 saturated heterocycles. The number of pyridine rings is 2. The van der Waals surface area contributed by atoms with Crippen LogP contribution in [-0.4, -0.2) is 16.5 Å². The van der Waals surface area contributed by atoms with E-state index < -0.39 is 0 Å². The van der Waals surface area contributed by atoms with Gasteiger partial charge in [-0.25, -0.2) is 9.97 Å². The number of rotatable bonds is 2. The Kier molecular flexibility index (Phi) is 3.20. The van der Waals surface area contributed by atoms with E-state index in [0.717, 1.165) is 31.0 Å². The smallest absolute Gasteiger partial charge is 0.137 e. The van der Waals surface area contributed by atoms with E-state index in [0.29, 0.717) is 5.92 Å². The Morgan fingerprint density at radius 3 is 2.58 bits per heavy atom. The van der Waals surface area contributed by atoms with Gasteiger partial charge in [0.1, 0.15) is 11.6 Å². The number of aromatic nitrogens is 2. The van der Waals surface area contributed by atoms with Gasteiger partial charge in [0.05, 0.1) is 0 Å². The third kappa shape index (κ3) is 2.21. The zero-order valence-electron chi connectivity index (χ0n) is 11.5. The number of aryl methyl sites for hydroxylation is 1. The summed E-state index contributed by atoms with van der Waals surface area (Å²) in [7, 11) is 0. The van der Waals surface area contributed by atoms with Crippen LogP contribution in [-0.2, 0) is 6.42 Å². The van der Waals surface area contributed by atoms with E-state index in [-0.39, 0.29) is 0 Å². The third-order valence-electron chi connectivity index (χ3n) is 3.65. The van der Waals surface area contributed by atoms with Crippen molar-refractivity contribution < 1.29 is 0 Å². The molecule has 0 N–H and O–H groups in total. The average Bonchev–Trinajstić information content (AvgIpc) is 2.46. The molecular weight excluding hydrogens is 234 g/mol. The van der Waals surface area contributed by atoms with Crippen molar-refractivity contribution in [2.75, 3.05) is 11.4 Å². The first-order valence-corrected chi connectivity index (χ1v) is 6.93. The predicted molar refractivity (Wildman–Crippen MR) is 77.9 cm³/mol. The molecule has 1 aliphatic heterocycles. The van der Waals surface area contributed by atoms with Crippen molar-refractivity contribution in [3.63, 3.8) is 0 Å². The summed E-state index contributed by atoms with van der Waals surface area (Å²) < 4.78 is 0. The molecule has 0 unspecified atom stereocenters. The second-order valence-corrected chi connectivity index (χ2v) is 5.31.